The fourth-order valence-electron chi connectivity index (χ4n) is 4.86. The van der Waals surface area contributed by atoms with E-state index in [1.54, 1.807) is 0 Å². The van der Waals surface area contributed by atoms with Gasteiger partial charge >= 0.3 is 0 Å². The first kappa shape index (κ1) is 11.8. The lowest BCUT2D eigenvalue weighted by Crippen LogP contribution is -2.45. The smallest absolute Gasteiger partial charge is 0.0772 e. The lowest BCUT2D eigenvalue weighted by molar-refractivity contribution is 0.342. The molecule has 3 heterocycles. The maximum Gasteiger partial charge on any atom is 0.0772 e. The SMILES string of the molecule is c1ccc2c3c(cnc2c1)NCC1CC2CCCCC2N31. The molecule has 2 aromatic rings. The van der Waals surface area contributed by atoms with Crippen molar-refractivity contribution in [3.8, 4) is 0 Å². The molecule has 1 aliphatic carbocycles. The molecular formula is C18H21N3. The molecule has 1 aromatic heterocycles. The maximum atomic E-state index is 4.62. The van der Waals surface area contributed by atoms with Crippen LogP contribution in [0.5, 0.6) is 0 Å². The molecule has 0 spiro atoms. The Morgan fingerprint density at radius 1 is 1.14 bits per heavy atom. The van der Waals surface area contributed by atoms with Crippen molar-refractivity contribution < 1.29 is 0 Å². The summed E-state index contributed by atoms with van der Waals surface area (Å²) < 4.78 is 0. The number of benzene rings is 1. The van der Waals surface area contributed by atoms with E-state index in [1.165, 1.54) is 48.9 Å². The largest absolute Gasteiger partial charge is 0.380 e. The first-order valence-electron chi connectivity index (χ1n) is 8.32. The molecule has 0 bridgehead atoms. The highest BCUT2D eigenvalue weighted by atomic mass is 15.3. The number of fused-ring (bicyclic) bond motifs is 7. The van der Waals surface area contributed by atoms with Crippen LogP contribution in [0.15, 0.2) is 30.5 Å². The molecule has 21 heavy (non-hydrogen) atoms. The van der Waals surface area contributed by atoms with Crippen molar-refractivity contribution in [2.24, 2.45) is 5.92 Å². The highest BCUT2D eigenvalue weighted by molar-refractivity contribution is 5.99. The zero-order chi connectivity index (χ0) is 13.8. The highest BCUT2D eigenvalue weighted by Crippen LogP contribution is 2.48. The van der Waals surface area contributed by atoms with Gasteiger partial charge in [0.15, 0.2) is 0 Å². The summed E-state index contributed by atoms with van der Waals surface area (Å²) in [6.45, 7) is 1.08. The van der Waals surface area contributed by atoms with Crippen LogP contribution in [0.2, 0.25) is 0 Å². The Morgan fingerprint density at radius 2 is 2.05 bits per heavy atom. The van der Waals surface area contributed by atoms with Gasteiger partial charge in [-0.05, 0) is 31.2 Å². The quantitative estimate of drug-likeness (QED) is 0.795. The van der Waals surface area contributed by atoms with Crippen molar-refractivity contribution in [3.63, 3.8) is 0 Å². The molecule has 0 radical (unpaired) electrons. The minimum atomic E-state index is 0.677. The van der Waals surface area contributed by atoms with Gasteiger partial charge in [-0.15, -0.1) is 0 Å². The zero-order valence-corrected chi connectivity index (χ0v) is 12.3. The number of nitrogens with zero attached hydrogens (tertiary/aromatic N) is 2. The summed E-state index contributed by atoms with van der Waals surface area (Å²) in [4.78, 5) is 7.39. The Labute approximate surface area is 125 Å². The Morgan fingerprint density at radius 3 is 3.05 bits per heavy atom. The maximum absolute atomic E-state index is 4.62. The van der Waals surface area contributed by atoms with Crippen molar-refractivity contribution in [2.45, 2.75) is 44.2 Å². The van der Waals surface area contributed by atoms with E-state index in [-0.39, 0.29) is 0 Å². The molecule has 5 rings (SSSR count). The van der Waals surface area contributed by atoms with Crippen LogP contribution >= 0.6 is 0 Å². The fraction of sp³-hybridized carbons (Fsp3) is 0.500. The topological polar surface area (TPSA) is 28.2 Å². The van der Waals surface area contributed by atoms with E-state index in [2.05, 4.69) is 39.5 Å². The van der Waals surface area contributed by atoms with E-state index in [9.17, 15) is 0 Å². The Balaban J connectivity index is 1.71. The number of hydrogen-bond acceptors (Lipinski definition) is 3. The fourth-order valence-corrected chi connectivity index (χ4v) is 4.86. The van der Waals surface area contributed by atoms with Crippen LogP contribution in [-0.2, 0) is 0 Å². The molecule has 1 saturated carbocycles. The number of hydrogen-bond donors (Lipinski definition) is 1. The highest BCUT2D eigenvalue weighted by Gasteiger charge is 2.44. The van der Waals surface area contributed by atoms with Crippen LogP contribution in [0.4, 0.5) is 11.4 Å². The monoisotopic (exact) mass is 279 g/mol. The van der Waals surface area contributed by atoms with Crippen molar-refractivity contribution in [1.82, 2.24) is 4.98 Å². The first-order valence-corrected chi connectivity index (χ1v) is 8.32. The van der Waals surface area contributed by atoms with Crippen molar-refractivity contribution >= 4 is 22.3 Å². The molecular weight excluding hydrogens is 258 g/mol. The minimum Gasteiger partial charge on any atom is -0.380 e. The van der Waals surface area contributed by atoms with Crippen LogP contribution in [-0.4, -0.2) is 23.6 Å². The number of aromatic nitrogens is 1. The third kappa shape index (κ3) is 1.63. The molecule has 1 N–H and O–H groups in total. The molecule has 3 atom stereocenters. The van der Waals surface area contributed by atoms with Crippen LogP contribution in [0.3, 0.4) is 0 Å². The van der Waals surface area contributed by atoms with E-state index in [0.717, 1.165) is 24.0 Å². The van der Waals surface area contributed by atoms with Gasteiger partial charge in [0.05, 0.1) is 23.1 Å². The van der Waals surface area contributed by atoms with E-state index < -0.39 is 0 Å². The van der Waals surface area contributed by atoms with Crippen molar-refractivity contribution in [1.29, 1.82) is 0 Å². The van der Waals surface area contributed by atoms with Gasteiger partial charge in [0.25, 0.3) is 0 Å². The number of rotatable bonds is 0. The summed E-state index contributed by atoms with van der Waals surface area (Å²) in [6.07, 6.45) is 9.03. The molecule has 108 valence electrons. The average Bonchev–Trinajstić information content (AvgIpc) is 2.93. The molecule has 2 aliphatic heterocycles. The molecule has 3 nitrogen and oxygen atoms in total. The minimum absolute atomic E-state index is 0.677. The normalized spacial score (nSPS) is 30.5. The molecule has 0 amide bonds. The molecule has 2 fully saturated rings. The molecule has 1 saturated heterocycles. The van der Waals surface area contributed by atoms with Crippen LogP contribution in [0, 0.1) is 5.92 Å². The second-order valence-electron chi connectivity index (χ2n) is 6.83. The second kappa shape index (κ2) is 4.36. The van der Waals surface area contributed by atoms with Gasteiger partial charge in [0.2, 0.25) is 0 Å². The predicted molar refractivity (Wildman–Crippen MR) is 86.9 cm³/mol. The molecule has 3 heteroatoms. The predicted octanol–water partition coefficient (Wildman–Crippen LogP) is 3.80. The third-order valence-electron chi connectivity index (χ3n) is 5.73. The second-order valence-corrected chi connectivity index (χ2v) is 6.83. The van der Waals surface area contributed by atoms with Gasteiger partial charge in [-0.1, -0.05) is 31.0 Å². The van der Waals surface area contributed by atoms with E-state index in [4.69, 9.17) is 0 Å². The number of pyridine rings is 1. The van der Waals surface area contributed by atoms with Gasteiger partial charge in [-0.3, -0.25) is 4.98 Å². The lowest BCUT2D eigenvalue weighted by atomic mass is 9.84. The molecule has 1 aromatic carbocycles. The lowest BCUT2D eigenvalue weighted by Gasteiger charge is -2.40. The zero-order valence-electron chi connectivity index (χ0n) is 12.3. The van der Waals surface area contributed by atoms with Gasteiger partial charge in [-0.2, -0.15) is 0 Å². The van der Waals surface area contributed by atoms with Gasteiger partial charge in [0.1, 0.15) is 0 Å². The van der Waals surface area contributed by atoms with E-state index in [1.807, 2.05) is 6.20 Å². The third-order valence-corrected chi connectivity index (χ3v) is 5.73. The standard InChI is InChI=1S/C18H21N3/c1-4-8-17-12(5-1)9-13-10-19-16-11-20-15-7-3-2-6-14(15)18(16)21(13)17/h2-3,6-7,11-13,17,19H,1,4-5,8-10H2. The van der Waals surface area contributed by atoms with Gasteiger partial charge < -0.3 is 10.2 Å². The van der Waals surface area contributed by atoms with Crippen LogP contribution in [0.25, 0.3) is 10.9 Å². The van der Waals surface area contributed by atoms with Crippen molar-refractivity contribution in [2.75, 3.05) is 16.8 Å². The summed E-state index contributed by atoms with van der Waals surface area (Å²) in [7, 11) is 0. The summed E-state index contributed by atoms with van der Waals surface area (Å²) in [5, 5.41) is 4.95. The number of anilines is 2. The Hall–Kier alpha value is -1.77. The van der Waals surface area contributed by atoms with E-state index in [0.29, 0.717) is 6.04 Å². The van der Waals surface area contributed by atoms with Gasteiger partial charge in [-0.25, -0.2) is 0 Å². The number of para-hydroxylation sites is 1. The summed E-state index contributed by atoms with van der Waals surface area (Å²) in [5.74, 6) is 0.906. The summed E-state index contributed by atoms with van der Waals surface area (Å²) in [6, 6.07) is 10.0. The first-order chi connectivity index (χ1) is 10.4. The number of nitrogens with one attached hydrogen (secondary N) is 1. The van der Waals surface area contributed by atoms with Crippen molar-refractivity contribution in [3.05, 3.63) is 30.5 Å². The molecule has 3 aliphatic rings. The Kier molecular flexibility index (Phi) is 2.46. The average molecular weight is 279 g/mol. The summed E-state index contributed by atoms with van der Waals surface area (Å²) in [5.41, 5.74) is 3.78. The van der Waals surface area contributed by atoms with E-state index >= 15 is 0 Å². The summed E-state index contributed by atoms with van der Waals surface area (Å²) >= 11 is 0. The molecule has 3 unspecified atom stereocenters. The van der Waals surface area contributed by atoms with Crippen LogP contribution < -0.4 is 10.2 Å². The van der Waals surface area contributed by atoms with Gasteiger partial charge in [0, 0.05) is 24.0 Å². The van der Waals surface area contributed by atoms with Crippen LogP contribution in [0.1, 0.15) is 32.1 Å². The Bertz CT molecular complexity index is 696.